The molecule has 0 saturated heterocycles. The van der Waals surface area contributed by atoms with Crippen molar-refractivity contribution in [2.45, 2.75) is 13.0 Å². The molecule has 0 aliphatic carbocycles. The van der Waals surface area contributed by atoms with Gasteiger partial charge in [-0.3, -0.25) is 4.79 Å². The van der Waals surface area contributed by atoms with E-state index in [1.165, 1.54) is 7.11 Å². The molecule has 27 heavy (non-hydrogen) atoms. The van der Waals surface area contributed by atoms with Gasteiger partial charge in [0.2, 0.25) is 0 Å². The van der Waals surface area contributed by atoms with Gasteiger partial charge in [0, 0.05) is 31.0 Å². The van der Waals surface area contributed by atoms with Gasteiger partial charge in [-0.2, -0.15) is 0 Å². The molecule has 0 unspecified atom stereocenters. The number of methoxy groups -OCH3 is 1. The number of amides is 1. The monoisotopic (exact) mass is 363 g/mol. The fraction of sp³-hybridized carbons (Fsp3) is 0.190. The molecule has 1 amide bonds. The summed E-state index contributed by atoms with van der Waals surface area (Å²) in [5.41, 5.74) is 3.29. The highest BCUT2D eigenvalue weighted by Crippen LogP contribution is 2.08. The van der Waals surface area contributed by atoms with E-state index < -0.39 is 0 Å². The Morgan fingerprint density at radius 1 is 1.00 bits per heavy atom. The summed E-state index contributed by atoms with van der Waals surface area (Å²) < 4.78 is 6.65. The molecular weight excluding hydrogens is 342 g/mol. The molecule has 3 rings (SSSR count). The highest BCUT2D eigenvalue weighted by Gasteiger charge is 2.07. The van der Waals surface area contributed by atoms with E-state index >= 15 is 0 Å². The zero-order valence-electron chi connectivity index (χ0n) is 15.1. The molecule has 0 bridgehead atoms. The number of esters is 1. The van der Waals surface area contributed by atoms with Crippen LogP contribution in [0.2, 0.25) is 0 Å². The Morgan fingerprint density at radius 3 is 2.30 bits per heavy atom. The summed E-state index contributed by atoms with van der Waals surface area (Å²) in [6.07, 6.45) is 6.09. The van der Waals surface area contributed by atoms with E-state index in [2.05, 4.69) is 15.0 Å². The van der Waals surface area contributed by atoms with Gasteiger partial charge in [0.25, 0.3) is 5.91 Å². The summed E-state index contributed by atoms with van der Waals surface area (Å²) in [7, 11) is 1.36. The van der Waals surface area contributed by atoms with Crippen LogP contribution in [0.4, 0.5) is 0 Å². The lowest BCUT2D eigenvalue weighted by Gasteiger charge is -2.07. The predicted molar refractivity (Wildman–Crippen MR) is 102 cm³/mol. The molecule has 1 aromatic heterocycles. The summed E-state index contributed by atoms with van der Waals surface area (Å²) in [5, 5.41) is 2.92. The van der Waals surface area contributed by atoms with Crippen LogP contribution in [-0.4, -0.2) is 35.1 Å². The molecule has 0 aliphatic rings. The molecule has 1 N–H and O–H groups in total. The van der Waals surface area contributed by atoms with Gasteiger partial charge in [-0.15, -0.1) is 0 Å². The van der Waals surface area contributed by atoms with Crippen LogP contribution >= 0.6 is 0 Å². The Balaban J connectivity index is 1.48. The lowest BCUT2D eigenvalue weighted by Crippen LogP contribution is -2.25. The second-order valence-electron chi connectivity index (χ2n) is 6.13. The van der Waals surface area contributed by atoms with Crippen LogP contribution in [0.1, 0.15) is 31.8 Å². The van der Waals surface area contributed by atoms with Gasteiger partial charge in [-0.1, -0.05) is 24.3 Å². The van der Waals surface area contributed by atoms with Crippen molar-refractivity contribution in [2.75, 3.05) is 13.7 Å². The number of carbonyl (C=O) groups excluding carboxylic acids is 2. The van der Waals surface area contributed by atoms with Gasteiger partial charge < -0.3 is 14.6 Å². The molecular formula is C21H21N3O3. The van der Waals surface area contributed by atoms with Gasteiger partial charge in [0.1, 0.15) is 0 Å². The molecule has 0 radical (unpaired) electrons. The first-order valence-corrected chi connectivity index (χ1v) is 8.66. The van der Waals surface area contributed by atoms with Crippen molar-refractivity contribution < 1.29 is 14.3 Å². The molecule has 0 atom stereocenters. The number of hydrogen-bond acceptors (Lipinski definition) is 4. The van der Waals surface area contributed by atoms with Crippen LogP contribution in [0.5, 0.6) is 0 Å². The number of benzene rings is 2. The third-order valence-electron chi connectivity index (χ3n) is 4.21. The molecule has 0 fully saturated rings. The van der Waals surface area contributed by atoms with E-state index in [4.69, 9.17) is 0 Å². The van der Waals surface area contributed by atoms with Gasteiger partial charge >= 0.3 is 5.97 Å². The van der Waals surface area contributed by atoms with Crippen LogP contribution in [0, 0.1) is 0 Å². The maximum atomic E-state index is 12.3. The number of rotatable bonds is 7. The quantitative estimate of drug-likeness (QED) is 0.655. The lowest BCUT2D eigenvalue weighted by atomic mass is 10.1. The van der Waals surface area contributed by atoms with E-state index in [0.717, 1.165) is 17.7 Å². The minimum Gasteiger partial charge on any atom is -0.465 e. The van der Waals surface area contributed by atoms with E-state index in [9.17, 15) is 9.59 Å². The van der Waals surface area contributed by atoms with Gasteiger partial charge in [0.15, 0.2) is 0 Å². The highest BCUT2D eigenvalue weighted by molar-refractivity contribution is 5.94. The summed E-state index contributed by atoms with van der Waals surface area (Å²) in [6.45, 7) is 1.25. The Kier molecular flexibility index (Phi) is 5.99. The molecule has 0 aliphatic heterocycles. The third-order valence-corrected chi connectivity index (χ3v) is 4.21. The Hall–Kier alpha value is -3.41. The zero-order chi connectivity index (χ0) is 19.1. The van der Waals surface area contributed by atoms with Crippen molar-refractivity contribution in [3.05, 3.63) is 89.5 Å². The summed E-state index contributed by atoms with van der Waals surface area (Å²) in [6, 6.07) is 14.7. The molecule has 6 heteroatoms. The first-order chi connectivity index (χ1) is 13.2. The minimum absolute atomic E-state index is 0.102. The Morgan fingerprint density at radius 2 is 1.67 bits per heavy atom. The second kappa shape index (κ2) is 8.80. The maximum Gasteiger partial charge on any atom is 0.337 e. The van der Waals surface area contributed by atoms with Crippen LogP contribution < -0.4 is 5.32 Å². The van der Waals surface area contributed by atoms with Crippen LogP contribution in [0.25, 0.3) is 0 Å². The fourth-order valence-electron chi connectivity index (χ4n) is 2.70. The summed E-state index contributed by atoms with van der Waals surface area (Å²) >= 11 is 0. The van der Waals surface area contributed by atoms with E-state index in [1.807, 2.05) is 47.2 Å². The van der Waals surface area contributed by atoms with Crippen molar-refractivity contribution in [3.63, 3.8) is 0 Å². The van der Waals surface area contributed by atoms with Crippen molar-refractivity contribution in [2.24, 2.45) is 0 Å². The van der Waals surface area contributed by atoms with Crippen LogP contribution in [0.3, 0.4) is 0 Å². The fourth-order valence-corrected chi connectivity index (χ4v) is 2.70. The topological polar surface area (TPSA) is 73.2 Å². The van der Waals surface area contributed by atoms with E-state index in [0.29, 0.717) is 24.1 Å². The van der Waals surface area contributed by atoms with Crippen LogP contribution in [-0.2, 0) is 17.7 Å². The highest BCUT2D eigenvalue weighted by atomic mass is 16.5. The maximum absolute atomic E-state index is 12.3. The second-order valence-corrected chi connectivity index (χ2v) is 6.13. The van der Waals surface area contributed by atoms with Crippen molar-refractivity contribution in [1.82, 2.24) is 14.9 Å². The molecule has 6 nitrogen and oxygen atoms in total. The number of hydrogen-bond donors (Lipinski definition) is 1. The standard InChI is InChI=1S/C21H21N3O3/c1-27-21(26)19-8-2-16(3-9-19)10-11-23-20(25)18-6-4-17(5-7-18)14-24-13-12-22-15-24/h2-9,12-13,15H,10-11,14H2,1H3,(H,23,25). The van der Waals surface area contributed by atoms with E-state index in [1.54, 1.807) is 24.7 Å². The number of nitrogens with one attached hydrogen (secondary N) is 1. The SMILES string of the molecule is COC(=O)c1ccc(CCNC(=O)c2ccc(Cn3ccnc3)cc2)cc1. The van der Waals surface area contributed by atoms with Crippen molar-refractivity contribution >= 4 is 11.9 Å². The van der Waals surface area contributed by atoms with Gasteiger partial charge in [-0.05, 0) is 41.8 Å². The first kappa shape index (κ1) is 18.4. The van der Waals surface area contributed by atoms with Crippen LogP contribution in [0.15, 0.2) is 67.3 Å². The van der Waals surface area contributed by atoms with E-state index in [-0.39, 0.29) is 11.9 Å². The minimum atomic E-state index is -0.355. The molecule has 3 aromatic rings. The van der Waals surface area contributed by atoms with Crippen molar-refractivity contribution in [3.8, 4) is 0 Å². The number of ether oxygens (including phenoxy) is 1. The molecule has 0 spiro atoms. The zero-order valence-corrected chi connectivity index (χ0v) is 15.1. The number of imidazole rings is 1. The van der Waals surface area contributed by atoms with Crippen molar-refractivity contribution in [1.29, 1.82) is 0 Å². The summed E-state index contributed by atoms with van der Waals surface area (Å²) in [4.78, 5) is 27.7. The third kappa shape index (κ3) is 5.04. The largest absolute Gasteiger partial charge is 0.465 e. The van der Waals surface area contributed by atoms with Gasteiger partial charge in [0.05, 0.1) is 19.0 Å². The first-order valence-electron chi connectivity index (χ1n) is 8.66. The summed E-state index contributed by atoms with van der Waals surface area (Å²) in [5.74, 6) is -0.457. The van der Waals surface area contributed by atoms with Gasteiger partial charge in [-0.25, -0.2) is 9.78 Å². The average Bonchev–Trinajstić information content (AvgIpc) is 3.21. The molecule has 0 saturated carbocycles. The normalized spacial score (nSPS) is 10.4. The molecule has 138 valence electrons. The Labute approximate surface area is 157 Å². The molecule has 2 aromatic carbocycles. The Bertz CT molecular complexity index is 885. The number of aromatic nitrogens is 2. The predicted octanol–water partition coefficient (Wildman–Crippen LogP) is 2.69. The number of nitrogens with zero attached hydrogens (tertiary/aromatic N) is 2. The number of carbonyl (C=O) groups is 2. The average molecular weight is 363 g/mol. The lowest BCUT2D eigenvalue weighted by molar-refractivity contribution is 0.0600. The smallest absolute Gasteiger partial charge is 0.337 e. The molecule has 1 heterocycles.